The van der Waals surface area contributed by atoms with Crippen LogP contribution in [0.1, 0.15) is 177 Å². The number of carbonyl (C=O) groups is 7. The van der Waals surface area contributed by atoms with Gasteiger partial charge >= 0.3 is 5.97 Å². The predicted octanol–water partition coefficient (Wildman–Crippen LogP) is 6.42. The van der Waals surface area contributed by atoms with Gasteiger partial charge in [0.05, 0.1) is 12.1 Å². The third kappa shape index (κ3) is 16.3. The van der Waals surface area contributed by atoms with Crippen LogP contribution in [0.25, 0.3) is 0 Å². The molecule has 15 heteroatoms. The van der Waals surface area contributed by atoms with Crippen LogP contribution >= 0.6 is 0 Å². The van der Waals surface area contributed by atoms with Crippen molar-refractivity contribution in [3.05, 3.63) is 0 Å². The second kappa shape index (κ2) is 26.9. The van der Waals surface area contributed by atoms with Gasteiger partial charge in [-0.05, 0) is 68.6 Å². The second-order valence-electron chi connectivity index (χ2n) is 20.7. The average Bonchev–Trinajstić information content (AvgIpc) is 3.28. The number of nitrogens with zero attached hydrogens (tertiary/aromatic N) is 4. The number of ether oxygens (including phenoxy) is 1. The number of rotatable bonds is 16. The zero-order chi connectivity index (χ0) is 48.4. The van der Waals surface area contributed by atoms with Crippen LogP contribution in [0.15, 0.2) is 0 Å². The molecular formula is C50H85N7O8. The fourth-order valence-electron chi connectivity index (χ4n) is 10.2. The summed E-state index contributed by atoms with van der Waals surface area (Å²) >= 11 is 0. The molecule has 0 radical (unpaired) electrons. The summed E-state index contributed by atoms with van der Waals surface area (Å²) in [4.78, 5) is 106. The zero-order valence-corrected chi connectivity index (χ0v) is 41.6. The first-order valence-electron chi connectivity index (χ1n) is 25.0. The van der Waals surface area contributed by atoms with E-state index in [1.165, 1.54) is 35.7 Å². The molecule has 3 rings (SSSR count). The van der Waals surface area contributed by atoms with Crippen molar-refractivity contribution in [1.29, 1.82) is 5.26 Å². The third-order valence-corrected chi connectivity index (χ3v) is 14.2. The number of aldehydes is 1. The van der Waals surface area contributed by atoms with E-state index in [1.54, 1.807) is 7.05 Å². The van der Waals surface area contributed by atoms with Crippen LogP contribution in [0, 0.1) is 40.9 Å². The van der Waals surface area contributed by atoms with Crippen LogP contribution in [0.3, 0.4) is 0 Å². The fraction of sp³-hybridized carbons (Fsp3) is 0.840. The monoisotopic (exact) mass is 912 g/mol. The lowest BCUT2D eigenvalue weighted by atomic mass is 9.84. The summed E-state index contributed by atoms with van der Waals surface area (Å²) in [5.74, 6) is -3.53. The number of nitriles is 1. The van der Waals surface area contributed by atoms with E-state index >= 15 is 9.59 Å². The maximum absolute atomic E-state index is 15.2. The normalized spacial score (nSPS) is 28.8. The number of nitrogens with one attached hydrogen (secondary N) is 3. The summed E-state index contributed by atoms with van der Waals surface area (Å²) in [6.45, 7) is 13.4. The molecule has 5 amide bonds. The average molecular weight is 912 g/mol. The van der Waals surface area contributed by atoms with Gasteiger partial charge in [-0.15, -0.1) is 0 Å². The predicted molar refractivity (Wildman–Crippen MR) is 250 cm³/mol. The molecule has 2 aliphatic carbocycles. The first-order chi connectivity index (χ1) is 30.8. The minimum atomic E-state index is -1.71. The van der Waals surface area contributed by atoms with E-state index in [-0.39, 0.29) is 68.1 Å². The lowest BCUT2D eigenvalue weighted by Crippen LogP contribution is -2.69. The molecule has 3 fully saturated rings. The van der Waals surface area contributed by atoms with Gasteiger partial charge in [0, 0.05) is 34.0 Å². The Bertz CT molecular complexity index is 1620. The molecule has 65 heavy (non-hydrogen) atoms. The molecule has 0 aromatic carbocycles. The highest BCUT2D eigenvalue weighted by Crippen LogP contribution is 2.32. The van der Waals surface area contributed by atoms with Gasteiger partial charge in [0.15, 0.2) is 18.1 Å². The largest absolute Gasteiger partial charge is 0.451 e. The van der Waals surface area contributed by atoms with E-state index in [4.69, 9.17) is 4.74 Å². The van der Waals surface area contributed by atoms with E-state index in [1.807, 2.05) is 40.7 Å². The van der Waals surface area contributed by atoms with Gasteiger partial charge < -0.3 is 30.1 Å². The highest BCUT2D eigenvalue weighted by Gasteiger charge is 2.46. The Morgan fingerprint density at radius 2 is 1.32 bits per heavy atom. The number of amides is 5. The number of unbranched alkanes of at least 4 members (excludes halogenated alkanes) is 1. The first-order valence-corrected chi connectivity index (χ1v) is 25.0. The minimum Gasteiger partial charge on any atom is -0.451 e. The number of likely N-dealkylation sites (N-methyl/N-ethyl adjacent to an activating group) is 3. The molecule has 15 nitrogen and oxygen atoms in total. The third-order valence-electron chi connectivity index (χ3n) is 14.2. The lowest BCUT2D eigenvalue weighted by molar-refractivity contribution is -0.164. The molecule has 368 valence electrons. The quantitative estimate of drug-likeness (QED) is 0.115. The molecule has 2 saturated carbocycles. The highest BCUT2D eigenvalue weighted by molar-refractivity contribution is 5.96. The van der Waals surface area contributed by atoms with Crippen molar-refractivity contribution in [3.63, 3.8) is 0 Å². The summed E-state index contributed by atoms with van der Waals surface area (Å²) in [5.41, 5.74) is -1.71. The Morgan fingerprint density at radius 3 is 1.86 bits per heavy atom. The molecule has 1 aliphatic heterocycles. The fourth-order valence-corrected chi connectivity index (χ4v) is 10.2. The van der Waals surface area contributed by atoms with Crippen LogP contribution in [0.2, 0.25) is 0 Å². The van der Waals surface area contributed by atoms with Crippen molar-refractivity contribution in [3.8, 4) is 6.07 Å². The summed E-state index contributed by atoms with van der Waals surface area (Å²) in [6, 6.07) is -3.34. The van der Waals surface area contributed by atoms with Gasteiger partial charge in [-0.3, -0.25) is 34.1 Å². The molecule has 1 unspecified atom stereocenters. The molecule has 3 N–H and O–H groups in total. The van der Waals surface area contributed by atoms with Gasteiger partial charge in [0.2, 0.25) is 23.6 Å². The minimum absolute atomic E-state index is 0.0268. The van der Waals surface area contributed by atoms with E-state index in [0.717, 1.165) is 83.5 Å². The van der Waals surface area contributed by atoms with E-state index in [2.05, 4.69) is 22.9 Å². The van der Waals surface area contributed by atoms with Crippen molar-refractivity contribution in [2.45, 2.75) is 219 Å². The number of carbonyl (C=O) groups excluding carboxylic acids is 7. The van der Waals surface area contributed by atoms with Crippen molar-refractivity contribution in [1.82, 2.24) is 30.7 Å². The SMILES string of the molecule is CCCC[C@@H](C)C[C@@H]1NC(=O)[C@H](CC2CCCCC2)N(C)C(=O)[C@H](CC(C)C)N[C@](C=O)(CC(C)C)N(C)C(=O)C(CC2CCCCC2)NC(=O)[C@@H](CCC#N)OC(=O)[C@H](C)N(C)C1=O. The molecular weight excluding hydrogens is 827 g/mol. The van der Waals surface area contributed by atoms with Gasteiger partial charge in [-0.2, -0.15) is 5.26 Å². The van der Waals surface area contributed by atoms with Crippen molar-refractivity contribution in [2.24, 2.45) is 29.6 Å². The van der Waals surface area contributed by atoms with Gasteiger partial charge in [0.1, 0.15) is 24.2 Å². The van der Waals surface area contributed by atoms with Crippen LogP contribution < -0.4 is 16.0 Å². The standard InChI is InChI=1S/C50H85N7O8/c1-11-12-20-35(6)28-39-46(61)55(8)36(7)49(64)65-43(25-19-26-51)45(60)53-40(29-37-21-15-13-16-22-37)48(63)57(10)50(32-58,31-34(4)5)54-41(27-33(2)3)47(62)56(9)42(44(59)52-39)30-38-23-17-14-18-24-38/h32-43,54H,11-25,27-31H2,1-10H3,(H,52,59)(H,53,60)/t35-,36+,39+,40?,41+,42+,43-,50-/m1/s1. The van der Waals surface area contributed by atoms with E-state index < -0.39 is 77.5 Å². The topological polar surface area (TPSA) is 198 Å². The maximum Gasteiger partial charge on any atom is 0.329 e. The van der Waals surface area contributed by atoms with Crippen LogP contribution in [-0.4, -0.2) is 120 Å². The zero-order valence-electron chi connectivity index (χ0n) is 41.6. The summed E-state index contributed by atoms with van der Waals surface area (Å²) in [7, 11) is 4.59. The van der Waals surface area contributed by atoms with Gasteiger partial charge in [-0.1, -0.05) is 125 Å². The van der Waals surface area contributed by atoms with Crippen LogP contribution in [0.4, 0.5) is 0 Å². The first kappa shape index (κ1) is 55.3. The van der Waals surface area contributed by atoms with Gasteiger partial charge in [-0.25, -0.2) is 4.79 Å². The number of cyclic esters (lactones) is 1. The molecule has 0 spiro atoms. The Kier molecular flexibility index (Phi) is 22.9. The van der Waals surface area contributed by atoms with Crippen LogP contribution in [0.5, 0.6) is 0 Å². The molecule has 0 aromatic rings. The second-order valence-corrected chi connectivity index (χ2v) is 20.7. The summed E-state index contributed by atoms with van der Waals surface area (Å²) < 4.78 is 5.84. The smallest absolute Gasteiger partial charge is 0.329 e. The number of hydrogen-bond donors (Lipinski definition) is 3. The Morgan fingerprint density at radius 1 is 0.754 bits per heavy atom. The Labute approximate surface area is 390 Å². The Balaban J connectivity index is 2.29. The molecule has 0 aromatic heterocycles. The highest BCUT2D eigenvalue weighted by atomic mass is 16.5. The molecule has 8 atom stereocenters. The maximum atomic E-state index is 15.2. The Hall–Kier alpha value is -4.06. The number of hydrogen-bond acceptors (Lipinski definition) is 10. The lowest BCUT2D eigenvalue weighted by Gasteiger charge is -2.44. The molecule has 3 aliphatic rings. The van der Waals surface area contributed by atoms with Crippen molar-refractivity contribution >= 4 is 41.8 Å². The summed E-state index contributed by atoms with van der Waals surface area (Å²) in [6.07, 6.45) is 12.6. The molecule has 1 heterocycles. The van der Waals surface area contributed by atoms with E-state index in [0.29, 0.717) is 12.7 Å². The van der Waals surface area contributed by atoms with Crippen LogP contribution in [-0.2, 0) is 38.3 Å². The van der Waals surface area contributed by atoms with Crippen molar-refractivity contribution < 1.29 is 38.3 Å². The number of esters is 1. The molecule has 0 bridgehead atoms. The van der Waals surface area contributed by atoms with Crippen molar-refractivity contribution in [2.75, 3.05) is 21.1 Å². The van der Waals surface area contributed by atoms with Gasteiger partial charge in [0.25, 0.3) is 5.91 Å². The van der Waals surface area contributed by atoms with E-state index in [9.17, 15) is 29.2 Å². The molecule has 1 saturated heterocycles. The summed E-state index contributed by atoms with van der Waals surface area (Å²) in [5, 5.41) is 18.9.